The molecule has 0 spiro atoms. The van der Waals surface area contributed by atoms with Crippen molar-refractivity contribution < 1.29 is 9.90 Å². The van der Waals surface area contributed by atoms with E-state index in [4.69, 9.17) is 4.99 Å². The first kappa shape index (κ1) is 15.8. The maximum absolute atomic E-state index is 12.2. The molecule has 22 heavy (non-hydrogen) atoms. The van der Waals surface area contributed by atoms with Crippen LogP contribution >= 0.6 is 0 Å². The SMILES string of the molecule is CCC1(C2(C(=O)O)CCCCC2)C=CC(C2CCCCC2)=N1. The van der Waals surface area contributed by atoms with Crippen LogP contribution in [0.3, 0.4) is 0 Å². The van der Waals surface area contributed by atoms with Gasteiger partial charge in [0.1, 0.15) is 0 Å². The van der Waals surface area contributed by atoms with Crippen molar-refractivity contribution in [2.75, 3.05) is 0 Å². The predicted molar refractivity (Wildman–Crippen MR) is 89.3 cm³/mol. The van der Waals surface area contributed by atoms with E-state index in [1.165, 1.54) is 37.8 Å². The number of carboxylic acid groups (broad SMARTS) is 1. The van der Waals surface area contributed by atoms with Gasteiger partial charge in [0.15, 0.2) is 0 Å². The van der Waals surface area contributed by atoms with Crippen LogP contribution in [-0.2, 0) is 4.79 Å². The van der Waals surface area contributed by atoms with Crippen LogP contribution < -0.4 is 0 Å². The van der Waals surface area contributed by atoms with Gasteiger partial charge in [-0.05, 0) is 38.2 Å². The summed E-state index contributed by atoms with van der Waals surface area (Å²) in [6, 6.07) is 0. The van der Waals surface area contributed by atoms with Gasteiger partial charge in [-0.25, -0.2) is 0 Å². The molecule has 0 radical (unpaired) electrons. The number of rotatable bonds is 4. The minimum Gasteiger partial charge on any atom is -0.481 e. The van der Waals surface area contributed by atoms with E-state index >= 15 is 0 Å². The molecular weight excluding hydrogens is 274 g/mol. The number of nitrogens with zero attached hydrogens (tertiary/aromatic N) is 1. The molecule has 1 atom stereocenters. The van der Waals surface area contributed by atoms with Gasteiger partial charge in [0.2, 0.25) is 0 Å². The van der Waals surface area contributed by atoms with E-state index in [9.17, 15) is 9.90 Å². The third kappa shape index (κ3) is 2.43. The first-order chi connectivity index (χ1) is 10.6. The summed E-state index contributed by atoms with van der Waals surface area (Å²) in [6.07, 6.45) is 16.3. The van der Waals surface area contributed by atoms with Crippen LogP contribution in [0.4, 0.5) is 0 Å². The Kier molecular flexibility index (Phi) is 4.42. The fourth-order valence-electron chi connectivity index (χ4n) is 4.94. The molecule has 3 heteroatoms. The lowest BCUT2D eigenvalue weighted by molar-refractivity contribution is -0.155. The number of carboxylic acids is 1. The van der Waals surface area contributed by atoms with Crippen molar-refractivity contribution in [3.8, 4) is 0 Å². The predicted octanol–water partition coefficient (Wildman–Crippen LogP) is 4.76. The lowest BCUT2D eigenvalue weighted by atomic mass is 9.61. The monoisotopic (exact) mass is 303 g/mol. The Labute approximate surface area is 133 Å². The van der Waals surface area contributed by atoms with Gasteiger partial charge in [0, 0.05) is 11.6 Å². The second-order valence-corrected chi connectivity index (χ2v) is 7.43. The highest BCUT2D eigenvalue weighted by Gasteiger charge is 2.56. The fourth-order valence-corrected chi connectivity index (χ4v) is 4.94. The molecule has 0 aromatic carbocycles. The van der Waals surface area contributed by atoms with Crippen molar-refractivity contribution in [3.05, 3.63) is 12.2 Å². The van der Waals surface area contributed by atoms with Gasteiger partial charge in [-0.3, -0.25) is 9.79 Å². The second-order valence-electron chi connectivity index (χ2n) is 7.43. The van der Waals surface area contributed by atoms with Gasteiger partial charge >= 0.3 is 5.97 Å². The zero-order valence-electron chi connectivity index (χ0n) is 13.8. The van der Waals surface area contributed by atoms with Gasteiger partial charge in [-0.2, -0.15) is 0 Å². The van der Waals surface area contributed by atoms with Gasteiger partial charge in [-0.15, -0.1) is 0 Å². The highest BCUT2D eigenvalue weighted by molar-refractivity contribution is 6.00. The average molecular weight is 303 g/mol. The first-order valence-electron chi connectivity index (χ1n) is 9.16. The summed E-state index contributed by atoms with van der Waals surface area (Å²) in [4.78, 5) is 17.3. The molecule has 3 aliphatic rings. The number of aliphatic imine (C=N–C) groups is 1. The summed E-state index contributed by atoms with van der Waals surface area (Å²) >= 11 is 0. The molecule has 3 rings (SSSR count). The Morgan fingerprint density at radius 3 is 2.41 bits per heavy atom. The molecule has 1 aliphatic heterocycles. The number of hydrogen-bond donors (Lipinski definition) is 1. The first-order valence-corrected chi connectivity index (χ1v) is 9.16. The summed E-state index contributed by atoms with van der Waals surface area (Å²) in [5, 5.41) is 10.0. The van der Waals surface area contributed by atoms with E-state index in [1.807, 2.05) is 0 Å². The van der Waals surface area contributed by atoms with Gasteiger partial charge in [-0.1, -0.05) is 51.5 Å². The van der Waals surface area contributed by atoms with Crippen LogP contribution in [0.25, 0.3) is 0 Å². The normalized spacial score (nSPS) is 32.0. The van der Waals surface area contributed by atoms with Crippen molar-refractivity contribution in [3.63, 3.8) is 0 Å². The molecule has 1 heterocycles. The molecule has 0 aromatic heterocycles. The summed E-state index contributed by atoms with van der Waals surface area (Å²) in [5.41, 5.74) is 0.0200. The molecule has 122 valence electrons. The molecule has 2 fully saturated rings. The Morgan fingerprint density at radius 2 is 1.82 bits per heavy atom. The van der Waals surface area contributed by atoms with Crippen LogP contribution in [0.1, 0.15) is 77.6 Å². The van der Waals surface area contributed by atoms with Crippen molar-refractivity contribution in [2.24, 2.45) is 16.3 Å². The highest BCUT2D eigenvalue weighted by Crippen LogP contribution is 2.51. The van der Waals surface area contributed by atoms with Gasteiger partial charge in [0.05, 0.1) is 11.0 Å². The molecular formula is C19H29NO2. The highest BCUT2D eigenvalue weighted by atomic mass is 16.4. The Bertz CT molecular complexity index is 482. The number of aliphatic carboxylic acids is 1. The van der Waals surface area contributed by atoms with Crippen molar-refractivity contribution in [1.29, 1.82) is 0 Å². The van der Waals surface area contributed by atoms with Crippen molar-refractivity contribution in [1.82, 2.24) is 0 Å². The second kappa shape index (κ2) is 6.17. The van der Waals surface area contributed by atoms with Crippen LogP contribution in [0.15, 0.2) is 17.1 Å². The topological polar surface area (TPSA) is 49.7 Å². The van der Waals surface area contributed by atoms with E-state index in [0.29, 0.717) is 5.92 Å². The van der Waals surface area contributed by atoms with E-state index in [2.05, 4.69) is 19.1 Å². The largest absolute Gasteiger partial charge is 0.481 e. The van der Waals surface area contributed by atoms with Crippen LogP contribution in [0.5, 0.6) is 0 Å². The lowest BCUT2D eigenvalue weighted by Crippen LogP contribution is -2.51. The smallest absolute Gasteiger partial charge is 0.312 e. The van der Waals surface area contributed by atoms with Gasteiger partial charge in [0.25, 0.3) is 0 Å². The van der Waals surface area contributed by atoms with E-state index in [1.54, 1.807) is 0 Å². The summed E-state index contributed by atoms with van der Waals surface area (Å²) in [5.74, 6) is -0.0693. The van der Waals surface area contributed by atoms with E-state index in [-0.39, 0.29) is 0 Å². The lowest BCUT2D eigenvalue weighted by Gasteiger charge is -2.45. The molecule has 0 saturated heterocycles. The maximum Gasteiger partial charge on any atom is 0.312 e. The molecule has 1 N–H and O–H groups in total. The summed E-state index contributed by atoms with van der Waals surface area (Å²) < 4.78 is 0. The van der Waals surface area contributed by atoms with E-state index < -0.39 is 16.9 Å². The molecule has 2 saturated carbocycles. The minimum absolute atomic E-state index is 0.494. The Morgan fingerprint density at radius 1 is 1.18 bits per heavy atom. The average Bonchev–Trinajstić information content (AvgIpc) is 3.02. The Hall–Kier alpha value is -1.12. The number of hydrogen-bond acceptors (Lipinski definition) is 2. The summed E-state index contributed by atoms with van der Waals surface area (Å²) in [6.45, 7) is 2.11. The standard InChI is InChI=1S/C19H29NO2/c1-2-19(18(17(21)22)12-7-4-8-13-18)14-11-16(20-19)15-9-5-3-6-10-15/h11,14-15H,2-10,12-13H2,1H3,(H,21,22). The van der Waals surface area contributed by atoms with Gasteiger partial charge < -0.3 is 5.11 Å². The Balaban J connectivity index is 1.93. The number of allylic oxidation sites excluding steroid dienone is 1. The molecule has 0 amide bonds. The zero-order chi connectivity index (χ0) is 15.6. The summed E-state index contributed by atoms with van der Waals surface area (Å²) in [7, 11) is 0. The molecule has 0 aromatic rings. The number of carbonyl (C=O) groups is 1. The van der Waals surface area contributed by atoms with Crippen LogP contribution in [0.2, 0.25) is 0 Å². The van der Waals surface area contributed by atoms with Crippen molar-refractivity contribution >= 4 is 11.7 Å². The van der Waals surface area contributed by atoms with Crippen LogP contribution in [0, 0.1) is 11.3 Å². The van der Waals surface area contributed by atoms with Crippen molar-refractivity contribution in [2.45, 2.75) is 83.1 Å². The minimum atomic E-state index is -0.674. The quantitative estimate of drug-likeness (QED) is 0.814. The molecule has 2 aliphatic carbocycles. The third-order valence-corrected chi connectivity index (χ3v) is 6.37. The van der Waals surface area contributed by atoms with E-state index in [0.717, 1.165) is 38.5 Å². The molecule has 3 nitrogen and oxygen atoms in total. The van der Waals surface area contributed by atoms with Crippen LogP contribution in [-0.4, -0.2) is 22.3 Å². The molecule has 0 bridgehead atoms. The zero-order valence-corrected chi connectivity index (χ0v) is 13.8. The maximum atomic E-state index is 12.2. The fraction of sp³-hybridized carbons (Fsp3) is 0.789. The third-order valence-electron chi connectivity index (χ3n) is 6.37. The molecule has 1 unspecified atom stereocenters.